The van der Waals surface area contributed by atoms with Crippen molar-refractivity contribution in [3.05, 3.63) is 59.7 Å². The number of rotatable bonds is 9. The van der Waals surface area contributed by atoms with Gasteiger partial charge in [-0.1, -0.05) is 30.3 Å². The number of aliphatic hydroxyl groups excluding tert-OH is 1. The highest BCUT2D eigenvalue weighted by Gasteiger charge is 2.19. The Kier molecular flexibility index (Phi) is 7.38. The second kappa shape index (κ2) is 10.2. The molecule has 0 bridgehead atoms. The van der Waals surface area contributed by atoms with Gasteiger partial charge in [0.15, 0.2) is 5.78 Å². The van der Waals surface area contributed by atoms with Gasteiger partial charge in [0.25, 0.3) is 0 Å². The lowest BCUT2D eigenvalue weighted by atomic mass is 9.99. The summed E-state index contributed by atoms with van der Waals surface area (Å²) in [6.07, 6.45) is 1.16. The number of aliphatic hydroxyl groups is 1. The topological polar surface area (TPSA) is 78.9 Å². The van der Waals surface area contributed by atoms with Crippen molar-refractivity contribution in [2.24, 2.45) is 0 Å². The highest BCUT2D eigenvalue weighted by atomic mass is 16.5. The third-order valence-corrected chi connectivity index (χ3v) is 4.99. The number of β-amino-alcohol motifs (C(OH)–C–C–N with tert-alkyl or cyclic N) is 1. The van der Waals surface area contributed by atoms with E-state index in [0.717, 1.165) is 19.5 Å². The normalized spacial score (nSPS) is 14.7. The second-order valence-corrected chi connectivity index (χ2v) is 7.48. The number of ether oxygens (including phenoxy) is 1. The summed E-state index contributed by atoms with van der Waals surface area (Å²) in [7, 11) is 0. The summed E-state index contributed by atoms with van der Waals surface area (Å²) in [5, 5.41) is 13.0. The molecule has 0 saturated heterocycles. The molecule has 2 aromatic carbocycles. The summed E-state index contributed by atoms with van der Waals surface area (Å²) in [4.78, 5) is 25.5. The van der Waals surface area contributed by atoms with E-state index >= 15 is 0 Å². The summed E-state index contributed by atoms with van der Waals surface area (Å²) in [6.45, 7) is 3.73. The summed E-state index contributed by atoms with van der Waals surface area (Å²) in [5.74, 6) is 0.305. The largest absolute Gasteiger partial charge is 0.486 e. The number of Topliss-reactive ketones (excluding diaryl/α,β-unsaturated/α-hetero) is 1. The van der Waals surface area contributed by atoms with E-state index in [4.69, 9.17) is 4.74 Å². The minimum absolute atomic E-state index is 0.0483. The molecule has 1 aliphatic heterocycles. The molecule has 0 saturated carbocycles. The van der Waals surface area contributed by atoms with E-state index in [1.165, 1.54) is 18.1 Å². The van der Waals surface area contributed by atoms with Crippen LogP contribution in [0.25, 0.3) is 0 Å². The van der Waals surface area contributed by atoms with E-state index in [2.05, 4.69) is 28.4 Å². The Balaban J connectivity index is 1.38. The highest BCUT2D eigenvalue weighted by molar-refractivity contribution is 5.88. The van der Waals surface area contributed by atoms with Gasteiger partial charge in [-0.15, -0.1) is 0 Å². The summed E-state index contributed by atoms with van der Waals surface area (Å²) in [5.41, 5.74) is 3.33. The van der Waals surface area contributed by atoms with Crippen LogP contribution in [0.3, 0.4) is 0 Å². The third kappa shape index (κ3) is 6.69. The van der Waals surface area contributed by atoms with Crippen molar-refractivity contribution in [3.8, 4) is 5.75 Å². The Labute approximate surface area is 171 Å². The Morgan fingerprint density at radius 1 is 1.17 bits per heavy atom. The van der Waals surface area contributed by atoms with Crippen LogP contribution in [0, 0.1) is 0 Å². The van der Waals surface area contributed by atoms with Crippen LogP contribution in [0.1, 0.15) is 30.9 Å². The summed E-state index contributed by atoms with van der Waals surface area (Å²) >= 11 is 0. The average molecular weight is 396 g/mol. The number of hydrogen-bond acceptors (Lipinski definition) is 5. The molecule has 0 fully saturated rings. The first-order valence-corrected chi connectivity index (χ1v) is 9.99. The van der Waals surface area contributed by atoms with E-state index in [-0.39, 0.29) is 24.7 Å². The number of anilines is 1. The molecule has 3 rings (SSSR count). The van der Waals surface area contributed by atoms with Crippen LogP contribution in [0.2, 0.25) is 0 Å². The Morgan fingerprint density at radius 2 is 1.97 bits per heavy atom. The zero-order valence-electron chi connectivity index (χ0n) is 16.8. The van der Waals surface area contributed by atoms with Gasteiger partial charge in [-0.05, 0) is 36.1 Å². The first-order valence-electron chi connectivity index (χ1n) is 9.99. The first-order chi connectivity index (χ1) is 14.0. The predicted molar refractivity (Wildman–Crippen MR) is 112 cm³/mol. The molecule has 0 aromatic heterocycles. The Bertz CT molecular complexity index is 852. The molecular weight excluding hydrogens is 368 g/mol. The first kappa shape index (κ1) is 21.0. The average Bonchev–Trinajstić information content (AvgIpc) is 2.70. The van der Waals surface area contributed by atoms with Crippen molar-refractivity contribution >= 4 is 17.4 Å². The SMILES string of the molecule is CC(=O)Nc1cccc(OCC(=O)CCC(O)CN2CCc3ccccc3C2)c1. The maximum atomic E-state index is 12.1. The molecule has 1 amide bonds. The highest BCUT2D eigenvalue weighted by Crippen LogP contribution is 2.19. The second-order valence-electron chi connectivity index (χ2n) is 7.48. The minimum atomic E-state index is -0.535. The Morgan fingerprint density at radius 3 is 2.76 bits per heavy atom. The molecule has 1 aliphatic rings. The molecule has 0 aliphatic carbocycles. The quantitative estimate of drug-likeness (QED) is 0.681. The van der Waals surface area contributed by atoms with E-state index in [1.54, 1.807) is 24.3 Å². The van der Waals surface area contributed by atoms with Gasteiger partial charge in [-0.25, -0.2) is 0 Å². The van der Waals surface area contributed by atoms with Crippen LogP contribution in [0.4, 0.5) is 5.69 Å². The van der Waals surface area contributed by atoms with Crippen molar-refractivity contribution in [3.63, 3.8) is 0 Å². The van der Waals surface area contributed by atoms with Gasteiger partial charge in [0.2, 0.25) is 5.91 Å². The molecule has 2 aromatic rings. The van der Waals surface area contributed by atoms with Gasteiger partial charge in [-0.2, -0.15) is 0 Å². The number of fused-ring (bicyclic) bond motifs is 1. The van der Waals surface area contributed by atoms with E-state index in [9.17, 15) is 14.7 Å². The number of nitrogens with one attached hydrogen (secondary N) is 1. The summed E-state index contributed by atoms with van der Waals surface area (Å²) in [6, 6.07) is 15.3. The van der Waals surface area contributed by atoms with Crippen molar-refractivity contribution in [2.45, 2.75) is 38.8 Å². The Hall–Kier alpha value is -2.70. The monoisotopic (exact) mass is 396 g/mol. The number of hydrogen-bond donors (Lipinski definition) is 2. The molecule has 0 radical (unpaired) electrons. The number of ketones is 1. The third-order valence-electron chi connectivity index (χ3n) is 4.99. The van der Waals surface area contributed by atoms with Gasteiger partial charge in [0.1, 0.15) is 12.4 Å². The maximum Gasteiger partial charge on any atom is 0.221 e. The number of benzene rings is 2. The molecule has 2 N–H and O–H groups in total. The zero-order valence-corrected chi connectivity index (χ0v) is 16.8. The number of carbonyl (C=O) groups is 2. The summed E-state index contributed by atoms with van der Waals surface area (Å²) < 4.78 is 5.52. The van der Waals surface area contributed by atoms with Crippen LogP contribution < -0.4 is 10.1 Å². The molecule has 1 heterocycles. The molecule has 6 heteroatoms. The van der Waals surface area contributed by atoms with E-state index in [0.29, 0.717) is 24.4 Å². The zero-order chi connectivity index (χ0) is 20.6. The minimum Gasteiger partial charge on any atom is -0.486 e. The van der Waals surface area contributed by atoms with Crippen molar-refractivity contribution in [1.29, 1.82) is 0 Å². The lowest BCUT2D eigenvalue weighted by Crippen LogP contribution is -2.36. The molecule has 154 valence electrons. The lowest BCUT2D eigenvalue weighted by Gasteiger charge is -2.30. The molecule has 1 unspecified atom stereocenters. The van der Waals surface area contributed by atoms with Gasteiger partial charge in [-0.3, -0.25) is 14.5 Å². The van der Waals surface area contributed by atoms with Crippen LogP contribution in [-0.2, 0) is 22.6 Å². The van der Waals surface area contributed by atoms with E-state index in [1.807, 2.05) is 6.07 Å². The number of amides is 1. The van der Waals surface area contributed by atoms with Gasteiger partial charge in [0, 0.05) is 44.7 Å². The molecule has 6 nitrogen and oxygen atoms in total. The fourth-order valence-corrected chi connectivity index (χ4v) is 3.53. The standard InChI is InChI=1S/C23H28N2O4/c1-17(26)24-20-7-4-8-23(13-20)29-16-22(28)10-9-21(27)15-25-12-11-18-5-2-3-6-19(18)14-25/h2-8,13,21,27H,9-12,14-16H2,1H3,(H,24,26). The van der Waals surface area contributed by atoms with Gasteiger partial charge in [0.05, 0.1) is 6.10 Å². The molecule has 0 spiro atoms. The van der Waals surface area contributed by atoms with Crippen molar-refractivity contribution in [1.82, 2.24) is 4.90 Å². The fourth-order valence-electron chi connectivity index (χ4n) is 3.53. The smallest absolute Gasteiger partial charge is 0.221 e. The molecule has 29 heavy (non-hydrogen) atoms. The number of carbonyl (C=O) groups excluding carboxylic acids is 2. The van der Waals surface area contributed by atoms with Crippen molar-refractivity contribution in [2.75, 3.05) is 25.0 Å². The molecular formula is C23H28N2O4. The van der Waals surface area contributed by atoms with Gasteiger partial charge >= 0.3 is 0 Å². The maximum absolute atomic E-state index is 12.1. The van der Waals surface area contributed by atoms with E-state index < -0.39 is 6.10 Å². The van der Waals surface area contributed by atoms with Crippen molar-refractivity contribution < 1.29 is 19.4 Å². The van der Waals surface area contributed by atoms with Crippen LogP contribution in [-0.4, -0.2) is 47.5 Å². The van der Waals surface area contributed by atoms with Crippen LogP contribution in [0.15, 0.2) is 48.5 Å². The van der Waals surface area contributed by atoms with Gasteiger partial charge < -0.3 is 15.2 Å². The molecule has 1 atom stereocenters. The lowest BCUT2D eigenvalue weighted by molar-refractivity contribution is -0.121. The number of nitrogens with zero attached hydrogens (tertiary/aromatic N) is 1. The van der Waals surface area contributed by atoms with Crippen LogP contribution in [0.5, 0.6) is 5.75 Å². The predicted octanol–water partition coefficient (Wildman–Crippen LogP) is 2.79. The van der Waals surface area contributed by atoms with Crippen LogP contribution >= 0.6 is 0 Å². The fraction of sp³-hybridized carbons (Fsp3) is 0.391.